The molecule has 21 heavy (non-hydrogen) atoms. The van der Waals surface area contributed by atoms with E-state index in [1.807, 2.05) is 27.7 Å². The SMILES string of the molecule is CCCN(CCC(C)C(=O)OC(C)(C)C)C1CC(CO)C1. The Hall–Kier alpha value is -0.610. The second-order valence-corrected chi connectivity index (χ2v) is 7.43. The van der Waals surface area contributed by atoms with Crippen LogP contribution >= 0.6 is 0 Å². The van der Waals surface area contributed by atoms with Crippen LogP contribution in [0.25, 0.3) is 0 Å². The van der Waals surface area contributed by atoms with Gasteiger partial charge in [0, 0.05) is 12.6 Å². The molecule has 1 aliphatic rings. The highest BCUT2D eigenvalue weighted by Gasteiger charge is 2.33. The first kappa shape index (κ1) is 18.4. The Balaban J connectivity index is 2.37. The average Bonchev–Trinajstić information content (AvgIpc) is 2.32. The minimum Gasteiger partial charge on any atom is -0.460 e. The van der Waals surface area contributed by atoms with Gasteiger partial charge in [0.1, 0.15) is 5.60 Å². The van der Waals surface area contributed by atoms with Gasteiger partial charge in [0.25, 0.3) is 0 Å². The molecule has 1 unspecified atom stereocenters. The minimum atomic E-state index is -0.406. The fourth-order valence-corrected chi connectivity index (χ4v) is 2.79. The highest BCUT2D eigenvalue weighted by Crippen LogP contribution is 2.31. The standard InChI is InChI=1S/C17H33NO3/c1-6-8-18(15-10-14(11-15)12-19)9-7-13(2)16(20)21-17(3,4)5/h13-15,19H,6-12H2,1-5H3. The predicted molar refractivity (Wildman–Crippen MR) is 85.1 cm³/mol. The van der Waals surface area contributed by atoms with E-state index in [9.17, 15) is 4.79 Å². The van der Waals surface area contributed by atoms with Gasteiger partial charge >= 0.3 is 5.97 Å². The molecule has 1 saturated carbocycles. The Bertz CT molecular complexity index is 318. The van der Waals surface area contributed by atoms with Crippen molar-refractivity contribution in [1.29, 1.82) is 0 Å². The molecule has 1 rings (SSSR count). The number of hydrogen-bond donors (Lipinski definition) is 1. The van der Waals surface area contributed by atoms with Gasteiger partial charge in [-0.1, -0.05) is 13.8 Å². The maximum Gasteiger partial charge on any atom is 0.309 e. The molecule has 1 atom stereocenters. The third-order valence-electron chi connectivity index (χ3n) is 4.15. The van der Waals surface area contributed by atoms with Crippen LogP contribution in [0, 0.1) is 11.8 Å². The number of hydrogen-bond acceptors (Lipinski definition) is 4. The zero-order valence-electron chi connectivity index (χ0n) is 14.4. The van der Waals surface area contributed by atoms with Crippen LogP contribution in [0.2, 0.25) is 0 Å². The van der Waals surface area contributed by atoms with Crippen LogP contribution < -0.4 is 0 Å². The van der Waals surface area contributed by atoms with Gasteiger partial charge in [-0.25, -0.2) is 0 Å². The van der Waals surface area contributed by atoms with Crippen molar-refractivity contribution in [3.63, 3.8) is 0 Å². The van der Waals surface area contributed by atoms with Crippen LogP contribution in [0.15, 0.2) is 0 Å². The molecule has 0 amide bonds. The van der Waals surface area contributed by atoms with Crippen molar-refractivity contribution in [2.45, 2.75) is 71.9 Å². The molecule has 0 saturated heterocycles. The van der Waals surface area contributed by atoms with Crippen LogP contribution in [-0.2, 0) is 9.53 Å². The zero-order valence-corrected chi connectivity index (χ0v) is 14.4. The Morgan fingerprint density at radius 3 is 2.43 bits per heavy atom. The quantitative estimate of drug-likeness (QED) is 0.700. The maximum absolute atomic E-state index is 12.0. The molecule has 4 heteroatoms. The highest BCUT2D eigenvalue weighted by atomic mass is 16.6. The van der Waals surface area contributed by atoms with Gasteiger partial charge in [-0.3, -0.25) is 4.79 Å². The first-order chi connectivity index (χ1) is 9.76. The number of carbonyl (C=O) groups is 1. The van der Waals surface area contributed by atoms with E-state index in [0.717, 1.165) is 38.8 Å². The van der Waals surface area contributed by atoms with Crippen LogP contribution in [0.5, 0.6) is 0 Å². The van der Waals surface area contributed by atoms with Crippen molar-refractivity contribution in [3.05, 3.63) is 0 Å². The number of aliphatic hydroxyl groups is 1. The monoisotopic (exact) mass is 299 g/mol. The molecule has 1 N–H and O–H groups in total. The Morgan fingerprint density at radius 1 is 1.33 bits per heavy atom. The average molecular weight is 299 g/mol. The normalized spacial score (nSPS) is 23.8. The van der Waals surface area contributed by atoms with Gasteiger partial charge in [0.15, 0.2) is 0 Å². The number of ether oxygens (including phenoxy) is 1. The summed E-state index contributed by atoms with van der Waals surface area (Å²) in [4.78, 5) is 14.5. The summed E-state index contributed by atoms with van der Waals surface area (Å²) in [7, 11) is 0. The predicted octanol–water partition coefficient (Wildman–Crippen LogP) is 2.84. The summed E-state index contributed by atoms with van der Waals surface area (Å²) >= 11 is 0. The van der Waals surface area contributed by atoms with E-state index < -0.39 is 5.60 Å². The van der Waals surface area contributed by atoms with E-state index >= 15 is 0 Å². The summed E-state index contributed by atoms with van der Waals surface area (Å²) in [6.07, 6.45) is 4.16. The van der Waals surface area contributed by atoms with Crippen LogP contribution in [0.3, 0.4) is 0 Å². The third-order valence-corrected chi connectivity index (χ3v) is 4.15. The van der Waals surface area contributed by atoms with Crippen LogP contribution in [0.4, 0.5) is 0 Å². The number of carbonyl (C=O) groups excluding carboxylic acids is 1. The molecule has 0 aromatic heterocycles. The maximum atomic E-state index is 12.0. The van der Waals surface area contributed by atoms with Crippen molar-refractivity contribution in [2.24, 2.45) is 11.8 Å². The topological polar surface area (TPSA) is 49.8 Å². The molecular weight excluding hydrogens is 266 g/mol. The van der Waals surface area contributed by atoms with E-state index in [1.165, 1.54) is 0 Å². The second kappa shape index (κ2) is 8.14. The molecule has 0 aliphatic heterocycles. The fraction of sp³-hybridized carbons (Fsp3) is 0.941. The van der Waals surface area contributed by atoms with Crippen molar-refractivity contribution < 1.29 is 14.6 Å². The molecule has 0 aromatic carbocycles. The van der Waals surface area contributed by atoms with E-state index in [4.69, 9.17) is 9.84 Å². The van der Waals surface area contributed by atoms with E-state index in [2.05, 4.69) is 11.8 Å². The molecule has 1 fully saturated rings. The Labute approximate surface area is 129 Å². The van der Waals surface area contributed by atoms with Gasteiger partial charge in [-0.2, -0.15) is 0 Å². The molecule has 0 aromatic rings. The Kier molecular flexibility index (Phi) is 7.14. The second-order valence-electron chi connectivity index (χ2n) is 7.43. The molecule has 0 bridgehead atoms. The summed E-state index contributed by atoms with van der Waals surface area (Å²) in [6, 6.07) is 0.591. The molecule has 0 heterocycles. The van der Waals surface area contributed by atoms with Gasteiger partial charge in [-0.05, 0) is 65.5 Å². The van der Waals surface area contributed by atoms with Crippen LogP contribution in [-0.4, -0.2) is 47.3 Å². The minimum absolute atomic E-state index is 0.0581. The molecular formula is C17H33NO3. The van der Waals surface area contributed by atoms with Gasteiger partial charge in [0.2, 0.25) is 0 Å². The number of nitrogens with zero attached hydrogens (tertiary/aromatic N) is 1. The van der Waals surface area contributed by atoms with Gasteiger partial charge < -0.3 is 14.7 Å². The number of esters is 1. The summed E-state index contributed by atoms with van der Waals surface area (Å²) in [5.74, 6) is 0.329. The smallest absolute Gasteiger partial charge is 0.309 e. The van der Waals surface area contributed by atoms with Crippen LogP contribution in [0.1, 0.15) is 60.3 Å². The Morgan fingerprint density at radius 2 is 1.95 bits per heavy atom. The molecule has 0 radical (unpaired) electrons. The summed E-state index contributed by atoms with van der Waals surface area (Å²) in [6.45, 7) is 12.2. The first-order valence-corrected chi connectivity index (χ1v) is 8.34. The molecule has 4 nitrogen and oxygen atoms in total. The van der Waals surface area contributed by atoms with E-state index in [0.29, 0.717) is 18.6 Å². The van der Waals surface area contributed by atoms with Crippen molar-refractivity contribution >= 4 is 5.97 Å². The number of rotatable bonds is 8. The van der Waals surface area contributed by atoms with Gasteiger partial charge in [-0.15, -0.1) is 0 Å². The number of aliphatic hydroxyl groups excluding tert-OH is 1. The van der Waals surface area contributed by atoms with Crippen molar-refractivity contribution in [1.82, 2.24) is 4.90 Å². The lowest BCUT2D eigenvalue weighted by atomic mass is 9.79. The molecule has 1 aliphatic carbocycles. The lowest BCUT2D eigenvalue weighted by molar-refractivity contribution is -0.159. The first-order valence-electron chi connectivity index (χ1n) is 8.34. The summed E-state index contributed by atoms with van der Waals surface area (Å²) < 4.78 is 5.44. The molecule has 0 spiro atoms. The fourth-order valence-electron chi connectivity index (χ4n) is 2.79. The summed E-state index contributed by atoms with van der Waals surface area (Å²) in [5.41, 5.74) is -0.406. The van der Waals surface area contributed by atoms with Gasteiger partial charge in [0.05, 0.1) is 5.92 Å². The molecule has 124 valence electrons. The summed E-state index contributed by atoms with van der Waals surface area (Å²) in [5, 5.41) is 9.13. The third kappa shape index (κ3) is 6.35. The highest BCUT2D eigenvalue weighted by molar-refractivity contribution is 5.72. The van der Waals surface area contributed by atoms with Crippen molar-refractivity contribution in [3.8, 4) is 0 Å². The lowest BCUT2D eigenvalue weighted by Crippen LogP contribution is -2.47. The van der Waals surface area contributed by atoms with Crippen molar-refractivity contribution in [2.75, 3.05) is 19.7 Å². The van der Waals surface area contributed by atoms with E-state index in [-0.39, 0.29) is 11.9 Å². The largest absolute Gasteiger partial charge is 0.460 e. The van der Waals surface area contributed by atoms with E-state index in [1.54, 1.807) is 0 Å². The lowest BCUT2D eigenvalue weighted by Gasteiger charge is -2.42. The zero-order chi connectivity index (χ0) is 16.0.